The first-order valence-corrected chi connectivity index (χ1v) is 10.6. The van der Waals surface area contributed by atoms with Crippen molar-refractivity contribution in [1.29, 1.82) is 0 Å². The van der Waals surface area contributed by atoms with Crippen molar-refractivity contribution in [2.24, 2.45) is 7.05 Å². The van der Waals surface area contributed by atoms with Gasteiger partial charge in [0.15, 0.2) is 17.4 Å². The number of pyridine rings is 1. The van der Waals surface area contributed by atoms with Gasteiger partial charge in [-0.25, -0.2) is 19.7 Å². The van der Waals surface area contributed by atoms with E-state index in [0.717, 1.165) is 18.4 Å². The molecule has 1 aliphatic rings. The lowest BCUT2D eigenvalue weighted by Crippen LogP contribution is -2.15. The summed E-state index contributed by atoms with van der Waals surface area (Å²) in [4.78, 5) is 16.3. The van der Waals surface area contributed by atoms with Gasteiger partial charge in [-0.3, -0.25) is 4.79 Å². The fourth-order valence-corrected chi connectivity index (χ4v) is 4.73. The third kappa shape index (κ3) is 3.17. The second kappa shape index (κ2) is 7.24. The quantitative estimate of drug-likeness (QED) is 0.337. The SMILES string of the molecule is [C-]#[N+]C1(c2ccc(Oc3c(F)cc(F)cc3F)c(-c3cn(C)c(=O)c4ccsc34)c2)CC1. The number of fused-ring (bicyclic) bond motifs is 1. The fraction of sp³-hybridized carbons (Fsp3) is 0.167. The summed E-state index contributed by atoms with van der Waals surface area (Å²) in [7, 11) is 1.62. The third-order valence-electron chi connectivity index (χ3n) is 5.70. The van der Waals surface area contributed by atoms with Crippen molar-refractivity contribution >= 4 is 21.4 Å². The number of ether oxygens (including phenoxy) is 1. The van der Waals surface area contributed by atoms with E-state index in [9.17, 15) is 18.0 Å². The highest BCUT2D eigenvalue weighted by molar-refractivity contribution is 7.17. The van der Waals surface area contributed by atoms with Crippen molar-refractivity contribution in [3.63, 3.8) is 0 Å². The maximum Gasteiger partial charge on any atom is 0.259 e. The van der Waals surface area contributed by atoms with E-state index in [-0.39, 0.29) is 11.3 Å². The predicted molar refractivity (Wildman–Crippen MR) is 116 cm³/mol. The maximum atomic E-state index is 14.3. The molecule has 1 saturated carbocycles. The molecule has 160 valence electrons. The van der Waals surface area contributed by atoms with E-state index in [1.165, 1.54) is 15.9 Å². The zero-order valence-corrected chi connectivity index (χ0v) is 17.6. The van der Waals surface area contributed by atoms with Gasteiger partial charge in [0.05, 0.1) is 5.39 Å². The molecule has 2 heterocycles. The normalized spacial score (nSPS) is 14.3. The number of halogens is 3. The molecule has 0 unspecified atom stereocenters. The summed E-state index contributed by atoms with van der Waals surface area (Å²) >= 11 is 1.36. The van der Waals surface area contributed by atoms with Crippen LogP contribution in [0.3, 0.4) is 0 Å². The molecule has 2 aromatic carbocycles. The maximum absolute atomic E-state index is 14.3. The van der Waals surface area contributed by atoms with Crippen LogP contribution in [0.5, 0.6) is 11.5 Å². The molecule has 1 fully saturated rings. The van der Waals surface area contributed by atoms with Crippen LogP contribution in [0.2, 0.25) is 0 Å². The molecule has 0 atom stereocenters. The summed E-state index contributed by atoms with van der Waals surface area (Å²) in [5, 5.41) is 2.30. The van der Waals surface area contributed by atoms with E-state index in [1.54, 1.807) is 42.9 Å². The number of hydrogen-bond donors (Lipinski definition) is 0. The van der Waals surface area contributed by atoms with Crippen LogP contribution in [0, 0.1) is 24.0 Å². The van der Waals surface area contributed by atoms with E-state index in [4.69, 9.17) is 11.3 Å². The summed E-state index contributed by atoms with van der Waals surface area (Å²) in [5.74, 6) is -3.97. The van der Waals surface area contributed by atoms with Gasteiger partial charge >= 0.3 is 0 Å². The van der Waals surface area contributed by atoms with Crippen molar-refractivity contribution in [3.05, 3.63) is 92.8 Å². The zero-order valence-electron chi connectivity index (χ0n) is 16.8. The minimum atomic E-state index is -1.17. The van der Waals surface area contributed by atoms with Gasteiger partial charge in [0, 0.05) is 59.6 Å². The molecule has 4 nitrogen and oxygen atoms in total. The summed E-state index contributed by atoms with van der Waals surface area (Å²) in [6.45, 7) is 7.57. The van der Waals surface area contributed by atoms with Crippen molar-refractivity contribution in [3.8, 4) is 22.6 Å². The molecule has 0 amide bonds. The second-order valence-electron chi connectivity index (χ2n) is 7.78. The molecule has 0 N–H and O–H groups in total. The van der Waals surface area contributed by atoms with Gasteiger partial charge in [0.25, 0.3) is 11.1 Å². The van der Waals surface area contributed by atoms with E-state index in [1.807, 2.05) is 0 Å². The molecule has 1 aliphatic carbocycles. The third-order valence-corrected chi connectivity index (χ3v) is 6.65. The van der Waals surface area contributed by atoms with Crippen molar-refractivity contribution < 1.29 is 17.9 Å². The standard InChI is InChI=1S/C24H15F3N2O2S/c1-28-24(6-7-24)13-3-4-20(31-21-18(26)10-14(25)11-19(21)27)16(9-13)17-12-29(2)23(30)15-5-8-32-22(15)17/h3-5,8-12H,6-7H2,2H3. The number of rotatable bonds is 4. The van der Waals surface area contributed by atoms with E-state index in [0.29, 0.717) is 33.3 Å². The van der Waals surface area contributed by atoms with Crippen molar-refractivity contribution in [2.45, 2.75) is 18.4 Å². The Hall–Kier alpha value is -3.57. The predicted octanol–water partition coefficient (Wildman–Crippen LogP) is 6.38. The number of hydrogen-bond acceptors (Lipinski definition) is 3. The first-order chi connectivity index (χ1) is 15.3. The topological polar surface area (TPSA) is 35.6 Å². The number of nitrogens with zero attached hydrogens (tertiary/aromatic N) is 2. The van der Waals surface area contributed by atoms with Crippen LogP contribution in [-0.4, -0.2) is 4.57 Å². The van der Waals surface area contributed by atoms with Gasteiger partial charge in [0.2, 0.25) is 0 Å². The highest BCUT2D eigenvalue weighted by atomic mass is 32.1. The Kier molecular flexibility index (Phi) is 4.60. The lowest BCUT2D eigenvalue weighted by atomic mass is 9.97. The van der Waals surface area contributed by atoms with Gasteiger partial charge in [-0.05, 0) is 29.6 Å². The van der Waals surface area contributed by atoms with E-state index < -0.39 is 28.7 Å². The Labute approximate surface area is 184 Å². The Morgan fingerprint density at radius 1 is 1.09 bits per heavy atom. The van der Waals surface area contributed by atoms with Gasteiger partial charge in [-0.2, -0.15) is 0 Å². The number of aromatic nitrogens is 1. The van der Waals surface area contributed by atoms with Crippen LogP contribution < -0.4 is 10.3 Å². The van der Waals surface area contributed by atoms with Crippen molar-refractivity contribution in [1.82, 2.24) is 4.57 Å². The fourth-order valence-electron chi connectivity index (χ4n) is 3.82. The zero-order chi connectivity index (χ0) is 22.6. The Morgan fingerprint density at radius 3 is 2.47 bits per heavy atom. The summed E-state index contributed by atoms with van der Waals surface area (Å²) in [6.07, 6.45) is 3.08. The second-order valence-corrected chi connectivity index (χ2v) is 8.69. The molecule has 0 radical (unpaired) electrons. The first-order valence-electron chi connectivity index (χ1n) is 9.76. The van der Waals surface area contributed by atoms with Crippen molar-refractivity contribution in [2.75, 3.05) is 0 Å². The van der Waals surface area contributed by atoms with Crippen LogP contribution in [-0.2, 0) is 12.6 Å². The molecular formula is C24H15F3N2O2S. The molecule has 2 aromatic heterocycles. The van der Waals surface area contributed by atoms with Gasteiger partial charge in [-0.15, -0.1) is 11.3 Å². The van der Waals surface area contributed by atoms with Gasteiger partial charge < -0.3 is 14.1 Å². The Bertz CT molecular complexity index is 1470. The van der Waals surface area contributed by atoms with Gasteiger partial charge in [0.1, 0.15) is 11.6 Å². The molecule has 0 saturated heterocycles. The monoisotopic (exact) mass is 452 g/mol. The number of thiophene rings is 1. The van der Waals surface area contributed by atoms with Crippen LogP contribution in [0.15, 0.2) is 52.8 Å². The lowest BCUT2D eigenvalue weighted by molar-refractivity contribution is 0.402. The minimum Gasteiger partial charge on any atom is -0.451 e. The summed E-state index contributed by atoms with van der Waals surface area (Å²) in [6, 6.07) is 7.86. The smallest absolute Gasteiger partial charge is 0.259 e. The van der Waals surface area contributed by atoms with Crippen LogP contribution in [0.4, 0.5) is 13.2 Å². The highest BCUT2D eigenvalue weighted by Gasteiger charge is 2.52. The van der Waals surface area contributed by atoms with Crippen LogP contribution >= 0.6 is 11.3 Å². The number of benzene rings is 2. The molecule has 8 heteroatoms. The van der Waals surface area contributed by atoms with E-state index in [2.05, 4.69) is 4.85 Å². The average Bonchev–Trinajstić information content (AvgIpc) is 3.41. The van der Waals surface area contributed by atoms with E-state index >= 15 is 0 Å². The highest BCUT2D eigenvalue weighted by Crippen LogP contribution is 2.51. The molecule has 32 heavy (non-hydrogen) atoms. The average molecular weight is 452 g/mol. The molecule has 5 rings (SSSR count). The molecular weight excluding hydrogens is 437 g/mol. The number of aryl methyl sites for hydroxylation is 1. The summed E-state index contributed by atoms with van der Waals surface area (Å²) < 4.78 is 49.7. The molecule has 0 spiro atoms. The summed E-state index contributed by atoms with van der Waals surface area (Å²) in [5.41, 5.74) is 1.11. The minimum absolute atomic E-state index is 0.132. The largest absolute Gasteiger partial charge is 0.451 e. The molecule has 0 bridgehead atoms. The van der Waals surface area contributed by atoms with Crippen LogP contribution in [0.25, 0.3) is 26.1 Å². The molecule has 0 aliphatic heterocycles. The van der Waals surface area contributed by atoms with Crippen LogP contribution in [0.1, 0.15) is 18.4 Å². The Morgan fingerprint density at radius 2 is 1.81 bits per heavy atom. The first kappa shape index (κ1) is 20.3. The lowest BCUT2D eigenvalue weighted by Gasteiger charge is -2.16. The molecule has 4 aromatic rings. The Balaban J connectivity index is 1.75. The van der Waals surface area contributed by atoms with Gasteiger partial charge in [-0.1, -0.05) is 0 Å².